The van der Waals surface area contributed by atoms with Gasteiger partial charge in [-0.25, -0.2) is 5.43 Å². The summed E-state index contributed by atoms with van der Waals surface area (Å²) in [7, 11) is 3.03. The largest absolute Gasteiger partial charge is 0.496 e. The number of anilines is 1. The number of amides is 1. The molecule has 1 aromatic carbocycles. The summed E-state index contributed by atoms with van der Waals surface area (Å²) in [5.41, 5.74) is 8.84. The SMILES string of the molecule is COc1cc(N(CCCl)CCCl)c(OC)cc1/C=N/NC(=O)C[C@H](N)C(=O)O. The number of halogens is 2. The van der Waals surface area contributed by atoms with Crippen LogP contribution < -0.4 is 25.5 Å². The first-order chi connectivity index (χ1) is 13.4. The van der Waals surface area contributed by atoms with Crippen LogP contribution in [0, 0.1) is 0 Å². The van der Waals surface area contributed by atoms with Gasteiger partial charge < -0.3 is 25.2 Å². The first-order valence-corrected chi connectivity index (χ1v) is 9.38. The molecule has 0 aliphatic heterocycles. The molecule has 1 aromatic rings. The summed E-state index contributed by atoms with van der Waals surface area (Å²) in [4.78, 5) is 24.3. The molecule has 0 aromatic heterocycles. The standard InChI is InChI=1S/C17H24Cl2N4O5/c1-27-14-9-13(23(5-3-18)6-4-19)15(28-2)7-11(14)10-21-22-16(24)8-12(20)17(25)26/h7,9-10,12H,3-6,8,20H2,1-2H3,(H,22,24)(H,25,26)/b21-10+/t12-/m0/s1. The van der Waals surface area contributed by atoms with Gasteiger partial charge in [0, 0.05) is 36.5 Å². The van der Waals surface area contributed by atoms with Crippen LogP contribution >= 0.6 is 23.2 Å². The molecular formula is C17H24Cl2N4O5. The van der Waals surface area contributed by atoms with Crippen LogP contribution in [0.5, 0.6) is 11.5 Å². The number of nitrogens with zero attached hydrogens (tertiary/aromatic N) is 2. The highest BCUT2D eigenvalue weighted by atomic mass is 35.5. The first-order valence-electron chi connectivity index (χ1n) is 8.31. The zero-order valence-corrected chi connectivity index (χ0v) is 17.2. The van der Waals surface area contributed by atoms with Crippen molar-refractivity contribution in [3.05, 3.63) is 17.7 Å². The molecule has 1 rings (SSSR count). The highest BCUT2D eigenvalue weighted by Gasteiger charge is 2.17. The molecule has 11 heteroatoms. The second-order valence-corrected chi connectivity index (χ2v) is 6.33. The number of benzene rings is 1. The molecule has 0 fully saturated rings. The van der Waals surface area contributed by atoms with E-state index in [4.69, 9.17) is 43.5 Å². The number of carboxylic acids is 1. The van der Waals surface area contributed by atoms with Crippen molar-refractivity contribution in [3.8, 4) is 11.5 Å². The van der Waals surface area contributed by atoms with Crippen LogP contribution in [0.3, 0.4) is 0 Å². The van der Waals surface area contributed by atoms with E-state index >= 15 is 0 Å². The van der Waals surface area contributed by atoms with E-state index < -0.39 is 24.3 Å². The van der Waals surface area contributed by atoms with Gasteiger partial charge in [-0.15, -0.1) is 23.2 Å². The van der Waals surface area contributed by atoms with Gasteiger partial charge in [-0.3, -0.25) is 9.59 Å². The van der Waals surface area contributed by atoms with Gasteiger partial charge in [0.1, 0.15) is 17.5 Å². The Morgan fingerprint density at radius 3 is 2.36 bits per heavy atom. The second-order valence-electron chi connectivity index (χ2n) is 5.57. The number of carboxylic acid groups (broad SMARTS) is 1. The fourth-order valence-electron chi connectivity index (χ4n) is 2.32. The number of rotatable bonds is 12. The number of methoxy groups -OCH3 is 2. The molecule has 0 bridgehead atoms. The smallest absolute Gasteiger partial charge is 0.321 e. The van der Waals surface area contributed by atoms with Crippen LogP contribution in [-0.4, -0.2) is 68.3 Å². The lowest BCUT2D eigenvalue weighted by molar-refractivity contribution is -0.140. The Balaban J connectivity index is 3.03. The Bertz CT molecular complexity index is 696. The summed E-state index contributed by atoms with van der Waals surface area (Å²) in [6.45, 7) is 1.14. The summed E-state index contributed by atoms with van der Waals surface area (Å²) >= 11 is 11.7. The van der Waals surface area contributed by atoms with Crippen molar-refractivity contribution in [1.29, 1.82) is 0 Å². The number of carbonyl (C=O) groups excluding carboxylic acids is 1. The Morgan fingerprint density at radius 2 is 1.86 bits per heavy atom. The first kappa shape index (κ1) is 23.8. The van der Waals surface area contributed by atoms with Gasteiger partial charge in [0.15, 0.2) is 0 Å². The summed E-state index contributed by atoms with van der Waals surface area (Å²) in [5, 5.41) is 12.5. The van der Waals surface area contributed by atoms with E-state index in [2.05, 4.69) is 10.5 Å². The second kappa shape index (κ2) is 12.3. The number of nitrogens with one attached hydrogen (secondary N) is 1. The summed E-state index contributed by atoms with van der Waals surface area (Å²) in [5.74, 6) is -0.0165. The number of aliphatic carboxylic acids is 1. The van der Waals surface area contributed by atoms with Gasteiger partial charge in [-0.2, -0.15) is 5.10 Å². The number of ether oxygens (including phenoxy) is 2. The maximum atomic E-state index is 11.7. The lowest BCUT2D eigenvalue weighted by atomic mass is 10.1. The Morgan fingerprint density at radius 1 is 1.25 bits per heavy atom. The molecule has 0 aliphatic rings. The highest BCUT2D eigenvalue weighted by molar-refractivity contribution is 6.18. The Kier molecular flexibility index (Phi) is 10.4. The van der Waals surface area contributed by atoms with Crippen LogP contribution in [-0.2, 0) is 9.59 Å². The topological polar surface area (TPSA) is 126 Å². The van der Waals surface area contributed by atoms with Crippen LogP contribution in [0.25, 0.3) is 0 Å². The molecule has 1 amide bonds. The van der Waals surface area contributed by atoms with Gasteiger partial charge >= 0.3 is 5.97 Å². The fourth-order valence-corrected chi connectivity index (χ4v) is 2.72. The van der Waals surface area contributed by atoms with E-state index in [0.717, 1.165) is 5.69 Å². The van der Waals surface area contributed by atoms with Crippen LogP contribution in [0.15, 0.2) is 17.2 Å². The average molecular weight is 435 g/mol. The van der Waals surface area contributed by atoms with Crippen molar-refractivity contribution in [2.24, 2.45) is 10.8 Å². The lowest BCUT2D eigenvalue weighted by Crippen LogP contribution is -2.35. The Hall–Kier alpha value is -2.23. The predicted molar refractivity (Wildman–Crippen MR) is 109 cm³/mol. The van der Waals surface area contributed by atoms with E-state index in [1.54, 1.807) is 12.1 Å². The van der Waals surface area contributed by atoms with E-state index in [1.807, 2.05) is 4.90 Å². The van der Waals surface area contributed by atoms with Gasteiger partial charge in [0.2, 0.25) is 5.91 Å². The molecule has 0 aliphatic carbocycles. The fraction of sp³-hybridized carbons (Fsp3) is 0.471. The molecule has 28 heavy (non-hydrogen) atoms. The van der Waals surface area contributed by atoms with Crippen LogP contribution in [0.2, 0.25) is 0 Å². The molecular weight excluding hydrogens is 411 g/mol. The highest BCUT2D eigenvalue weighted by Crippen LogP contribution is 2.35. The van der Waals surface area contributed by atoms with Crippen molar-refractivity contribution in [1.82, 2.24) is 5.43 Å². The molecule has 0 saturated carbocycles. The van der Waals surface area contributed by atoms with Crippen LogP contribution in [0.4, 0.5) is 5.69 Å². The van der Waals surface area contributed by atoms with E-state index in [0.29, 0.717) is 41.9 Å². The molecule has 0 spiro atoms. The predicted octanol–water partition coefficient (Wildman–Crippen LogP) is 1.24. The summed E-state index contributed by atoms with van der Waals surface area (Å²) in [6.07, 6.45) is 0.973. The zero-order valence-electron chi connectivity index (χ0n) is 15.7. The minimum atomic E-state index is -1.29. The number of hydrogen-bond donors (Lipinski definition) is 3. The minimum Gasteiger partial charge on any atom is -0.496 e. The minimum absolute atomic E-state index is 0.391. The van der Waals surface area contributed by atoms with E-state index in [-0.39, 0.29) is 0 Å². The molecule has 9 nitrogen and oxygen atoms in total. The lowest BCUT2D eigenvalue weighted by Gasteiger charge is -2.26. The third-order valence-electron chi connectivity index (χ3n) is 3.70. The monoisotopic (exact) mass is 434 g/mol. The van der Waals surface area contributed by atoms with Gasteiger partial charge in [0.05, 0.1) is 32.5 Å². The number of hydrazone groups is 1. The van der Waals surface area contributed by atoms with Crippen LogP contribution in [0.1, 0.15) is 12.0 Å². The maximum absolute atomic E-state index is 11.7. The van der Waals surface area contributed by atoms with Gasteiger partial charge in [-0.05, 0) is 6.07 Å². The third kappa shape index (κ3) is 7.06. The Labute approximate surface area is 173 Å². The zero-order chi connectivity index (χ0) is 21.1. The molecule has 156 valence electrons. The summed E-state index contributed by atoms with van der Waals surface area (Å²) in [6, 6.07) is 2.17. The third-order valence-corrected chi connectivity index (χ3v) is 4.03. The number of alkyl halides is 2. The van der Waals surface area contributed by atoms with Crippen molar-refractivity contribution < 1.29 is 24.2 Å². The normalized spacial score (nSPS) is 11.9. The van der Waals surface area contributed by atoms with E-state index in [1.165, 1.54) is 20.4 Å². The van der Waals surface area contributed by atoms with Crippen molar-refractivity contribution in [2.75, 3.05) is 44.0 Å². The quantitative estimate of drug-likeness (QED) is 0.256. The molecule has 0 unspecified atom stereocenters. The molecule has 0 radical (unpaired) electrons. The van der Waals surface area contributed by atoms with Gasteiger partial charge in [0.25, 0.3) is 0 Å². The summed E-state index contributed by atoms with van der Waals surface area (Å²) < 4.78 is 10.8. The number of hydrogen-bond acceptors (Lipinski definition) is 7. The van der Waals surface area contributed by atoms with Gasteiger partial charge in [-0.1, -0.05) is 0 Å². The van der Waals surface area contributed by atoms with Crippen molar-refractivity contribution >= 4 is 47.0 Å². The number of carbonyl (C=O) groups is 2. The number of nitrogens with two attached hydrogens (primary N) is 1. The maximum Gasteiger partial charge on any atom is 0.321 e. The molecule has 0 saturated heterocycles. The van der Waals surface area contributed by atoms with Crippen molar-refractivity contribution in [2.45, 2.75) is 12.5 Å². The average Bonchev–Trinajstić information content (AvgIpc) is 2.67. The van der Waals surface area contributed by atoms with E-state index in [9.17, 15) is 9.59 Å². The molecule has 4 N–H and O–H groups in total. The van der Waals surface area contributed by atoms with Crippen molar-refractivity contribution in [3.63, 3.8) is 0 Å². The molecule has 1 atom stereocenters. The molecule has 0 heterocycles.